The smallest absolute Gasteiger partial charge is 0.233 e. The van der Waals surface area contributed by atoms with Crippen LogP contribution < -0.4 is 10.1 Å². The number of rotatable bonds is 10. The average molecular weight is 421 g/mol. The van der Waals surface area contributed by atoms with E-state index < -0.39 is 5.82 Å². The molecule has 0 spiro atoms. The lowest BCUT2D eigenvalue weighted by atomic mass is 10.2. The quantitative estimate of drug-likeness (QED) is 0.470. The second kappa shape index (κ2) is 10.4. The number of aromatic nitrogens is 3. The normalized spacial score (nSPS) is 17.1. The van der Waals surface area contributed by atoms with Crippen molar-refractivity contribution in [2.45, 2.75) is 49.4 Å². The van der Waals surface area contributed by atoms with Gasteiger partial charge in [-0.3, -0.25) is 9.36 Å². The molecule has 0 saturated carbocycles. The van der Waals surface area contributed by atoms with Crippen molar-refractivity contribution in [2.24, 2.45) is 0 Å². The molecule has 0 bridgehead atoms. The maximum absolute atomic E-state index is 13.8. The van der Waals surface area contributed by atoms with Gasteiger partial charge in [-0.15, -0.1) is 16.8 Å². The number of carbonyl (C=O) groups is 1. The lowest BCUT2D eigenvalue weighted by Crippen LogP contribution is -2.36. The minimum atomic E-state index is -0.437. The fourth-order valence-electron chi connectivity index (χ4n) is 2.90. The van der Waals surface area contributed by atoms with Gasteiger partial charge < -0.3 is 14.8 Å². The first kappa shape index (κ1) is 21.3. The van der Waals surface area contributed by atoms with Crippen molar-refractivity contribution in [3.63, 3.8) is 0 Å². The Balaban J connectivity index is 1.60. The standard InChI is InChI=1S/C20H25FN4O3S/c1-3-10-25-18(13-28-17-9-5-4-8-16(17)21)23-24-20(25)29-14(2)19(26)22-12-15-7-6-11-27-15/h3-5,8-9,14-15H,1,6-7,10-13H2,2H3,(H,22,26)/t14-,15-/m1/s1. The summed E-state index contributed by atoms with van der Waals surface area (Å²) in [5, 5.41) is 11.5. The zero-order valence-corrected chi connectivity index (χ0v) is 17.2. The first-order valence-corrected chi connectivity index (χ1v) is 10.4. The fraction of sp³-hybridized carbons (Fsp3) is 0.450. The molecule has 0 unspecified atom stereocenters. The minimum absolute atomic E-state index is 0.0575. The molecule has 2 aromatic rings. The Labute approximate surface area is 173 Å². The van der Waals surface area contributed by atoms with Crippen LogP contribution in [0.3, 0.4) is 0 Å². The second-order valence-corrected chi connectivity index (χ2v) is 7.97. The Bertz CT molecular complexity index is 839. The highest BCUT2D eigenvalue weighted by molar-refractivity contribution is 8.00. The van der Waals surface area contributed by atoms with Gasteiger partial charge in [0.05, 0.1) is 11.4 Å². The SMILES string of the molecule is C=CCn1c(COc2ccccc2F)nnc1S[C@H](C)C(=O)NC[C@H]1CCCO1. The first-order chi connectivity index (χ1) is 14.1. The van der Waals surface area contributed by atoms with E-state index in [1.807, 2.05) is 11.5 Å². The molecule has 9 heteroatoms. The van der Waals surface area contributed by atoms with Crippen molar-refractivity contribution >= 4 is 17.7 Å². The van der Waals surface area contributed by atoms with Crippen molar-refractivity contribution in [3.05, 3.63) is 48.6 Å². The minimum Gasteiger partial charge on any atom is -0.483 e. The number of hydrogen-bond donors (Lipinski definition) is 1. The molecule has 3 rings (SSSR count). The van der Waals surface area contributed by atoms with E-state index >= 15 is 0 Å². The number of para-hydroxylation sites is 1. The first-order valence-electron chi connectivity index (χ1n) is 9.54. The zero-order valence-electron chi connectivity index (χ0n) is 16.3. The van der Waals surface area contributed by atoms with Gasteiger partial charge in [-0.05, 0) is 31.9 Å². The molecule has 1 amide bonds. The average Bonchev–Trinajstić information content (AvgIpc) is 3.36. The van der Waals surface area contributed by atoms with Crippen LogP contribution in [0, 0.1) is 5.82 Å². The Morgan fingerprint density at radius 2 is 2.34 bits per heavy atom. The van der Waals surface area contributed by atoms with E-state index in [9.17, 15) is 9.18 Å². The van der Waals surface area contributed by atoms with Crippen LogP contribution in [0.25, 0.3) is 0 Å². The molecular weight excluding hydrogens is 395 g/mol. The molecule has 1 fully saturated rings. The summed E-state index contributed by atoms with van der Waals surface area (Å²) < 4.78 is 26.6. The highest BCUT2D eigenvalue weighted by atomic mass is 32.2. The van der Waals surface area contributed by atoms with Crippen molar-refractivity contribution in [1.82, 2.24) is 20.1 Å². The van der Waals surface area contributed by atoms with E-state index in [4.69, 9.17) is 9.47 Å². The topological polar surface area (TPSA) is 78.3 Å². The molecule has 1 aromatic carbocycles. The maximum Gasteiger partial charge on any atom is 0.233 e. The summed E-state index contributed by atoms with van der Waals surface area (Å²) in [7, 11) is 0. The number of ether oxygens (including phenoxy) is 2. The predicted molar refractivity (Wildman–Crippen MR) is 108 cm³/mol. The van der Waals surface area contributed by atoms with Crippen molar-refractivity contribution in [1.29, 1.82) is 0 Å². The summed E-state index contributed by atoms with van der Waals surface area (Å²) >= 11 is 1.31. The van der Waals surface area contributed by atoms with Gasteiger partial charge in [0.15, 0.2) is 22.5 Å². The van der Waals surface area contributed by atoms with Crippen LogP contribution in [-0.2, 0) is 22.7 Å². The van der Waals surface area contributed by atoms with E-state index in [-0.39, 0.29) is 29.6 Å². The molecule has 29 heavy (non-hydrogen) atoms. The van der Waals surface area contributed by atoms with Crippen LogP contribution in [0.5, 0.6) is 5.75 Å². The lowest BCUT2D eigenvalue weighted by molar-refractivity contribution is -0.120. The Morgan fingerprint density at radius 1 is 1.52 bits per heavy atom. The maximum atomic E-state index is 13.8. The summed E-state index contributed by atoms with van der Waals surface area (Å²) in [4.78, 5) is 12.4. The number of nitrogens with one attached hydrogen (secondary N) is 1. The van der Waals surface area contributed by atoms with E-state index in [2.05, 4.69) is 22.1 Å². The van der Waals surface area contributed by atoms with E-state index in [1.54, 1.807) is 24.3 Å². The van der Waals surface area contributed by atoms with Gasteiger partial charge in [0, 0.05) is 19.7 Å². The zero-order chi connectivity index (χ0) is 20.6. The molecule has 0 aliphatic carbocycles. The fourth-order valence-corrected chi connectivity index (χ4v) is 3.81. The molecule has 2 heterocycles. The third-order valence-electron chi connectivity index (χ3n) is 4.48. The number of hydrogen-bond acceptors (Lipinski definition) is 6. The third kappa shape index (κ3) is 5.80. The van der Waals surface area contributed by atoms with Crippen LogP contribution >= 0.6 is 11.8 Å². The molecular formula is C20H25FN4O3S. The van der Waals surface area contributed by atoms with Gasteiger partial charge in [0.25, 0.3) is 0 Å². The van der Waals surface area contributed by atoms with Crippen LogP contribution in [0.2, 0.25) is 0 Å². The summed E-state index contributed by atoms with van der Waals surface area (Å²) in [6, 6.07) is 6.19. The van der Waals surface area contributed by atoms with Crippen molar-refractivity contribution in [2.75, 3.05) is 13.2 Å². The number of benzene rings is 1. The number of allylic oxidation sites excluding steroid dienone is 1. The molecule has 1 aromatic heterocycles. The van der Waals surface area contributed by atoms with Gasteiger partial charge in [-0.2, -0.15) is 0 Å². The van der Waals surface area contributed by atoms with Crippen LogP contribution in [-0.4, -0.2) is 45.2 Å². The summed E-state index contributed by atoms with van der Waals surface area (Å²) in [5.41, 5.74) is 0. The van der Waals surface area contributed by atoms with Crippen molar-refractivity contribution in [3.8, 4) is 5.75 Å². The van der Waals surface area contributed by atoms with Gasteiger partial charge in [0.2, 0.25) is 5.91 Å². The molecule has 0 radical (unpaired) electrons. The number of amides is 1. The molecule has 156 valence electrons. The van der Waals surface area contributed by atoms with Gasteiger partial charge in [-0.25, -0.2) is 4.39 Å². The van der Waals surface area contributed by atoms with Crippen LogP contribution in [0.4, 0.5) is 4.39 Å². The molecule has 2 atom stereocenters. The monoisotopic (exact) mass is 420 g/mol. The molecule has 1 N–H and O–H groups in total. The van der Waals surface area contributed by atoms with Crippen LogP contribution in [0.1, 0.15) is 25.6 Å². The number of thioether (sulfide) groups is 1. The third-order valence-corrected chi connectivity index (χ3v) is 5.56. The number of nitrogens with zero attached hydrogens (tertiary/aromatic N) is 3. The number of carbonyl (C=O) groups excluding carboxylic acids is 1. The summed E-state index contributed by atoms with van der Waals surface area (Å²) in [6.45, 7) is 7.36. The summed E-state index contributed by atoms with van der Waals surface area (Å²) in [5.74, 6) is 0.163. The van der Waals surface area contributed by atoms with E-state index in [1.165, 1.54) is 17.8 Å². The highest BCUT2D eigenvalue weighted by Gasteiger charge is 2.22. The van der Waals surface area contributed by atoms with E-state index in [0.29, 0.717) is 24.1 Å². The van der Waals surface area contributed by atoms with E-state index in [0.717, 1.165) is 19.4 Å². The van der Waals surface area contributed by atoms with Crippen molar-refractivity contribution < 1.29 is 18.7 Å². The molecule has 1 saturated heterocycles. The predicted octanol–water partition coefficient (Wildman–Crippen LogP) is 2.96. The molecule has 7 nitrogen and oxygen atoms in total. The Hall–Kier alpha value is -2.39. The Kier molecular flexibility index (Phi) is 7.65. The van der Waals surface area contributed by atoms with Gasteiger partial charge >= 0.3 is 0 Å². The van der Waals surface area contributed by atoms with Gasteiger partial charge in [0.1, 0.15) is 6.61 Å². The number of halogens is 1. The summed E-state index contributed by atoms with van der Waals surface area (Å²) in [6.07, 6.45) is 3.82. The van der Waals surface area contributed by atoms with Gasteiger partial charge in [-0.1, -0.05) is 30.0 Å². The molecule has 1 aliphatic heterocycles. The lowest BCUT2D eigenvalue weighted by Gasteiger charge is -2.15. The second-order valence-electron chi connectivity index (χ2n) is 6.66. The highest BCUT2D eigenvalue weighted by Crippen LogP contribution is 2.24. The largest absolute Gasteiger partial charge is 0.483 e. The Morgan fingerprint density at radius 3 is 3.07 bits per heavy atom. The van der Waals surface area contributed by atoms with Crippen LogP contribution in [0.15, 0.2) is 42.1 Å². The molecule has 1 aliphatic rings.